The first kappa shape index (κ1) is 14.8. The summed E-state index contributed by atoms with van der Waals surface area (Å²) in [6.07, 6.45) is -0.312. The van der Waals surface area contributed by atoms with Gasteiger partial charge in [-0.2, -0.15) is 0 Å². The van der Waals surface area contributed by atoms with Gasteiger partial charge in [0.15, 0.2) is 0 Å². The molecular weight excluding hydrogens is 298 g/mol. The van der Waals surface area contributed by atoms with Gasteiger partial charge in [-0.15, -0.1) is 11.3 Å². The number of amides is 1. The van der Waals surface area contributed by atoms with E-state index in [9.17, 15) is 9.90 Å². The lowest BCUT2D eigenvalue weighted by molar-refractivity contribution is 0.0940. The van der Waals surface area contributed by atoms with E-state index in [1.165, 1.54) is 11.3 Å². The second-order valence-corrected chi connectivity index (χ2v) is 6.15. The molecule has 0 fully saturated rings. The van der Waals surface area contributed by atoms with Crippen molar-refractivity contribution in [3.63, 3.8) is 0 Å². The van der Waals surface area contributed by atoms with Gasteiger partial charge in [0.1, 0.15) is 17.4 Å². The Hall–Kier alpha value is -2.11. The number of furan rings is 1. The zero-order valence-electron chi connectivity index (χ0n) is 12.2. The normalized spacial score (nSPS) is 12.5. The van der Waals surface area contributed by atoms with E-state index < -0.39 is 6.10 Å². The van der Waals surface area contributed by atoms with E-state index in [4.69, 9.17) is 4.42 Å². The smallest absolute Gasteiger partial charge is 0.261 e. The Labute approximate surface area is 132 Å². The number of thiophene rings is 1. The van der Waals surface area contributed by atoms with Gasteiger partial charge in [0.25, 0.3) is 5.91 Å². The van der Waals surface area contributed by atoms with Crippen LogP contribution in [0.3, 0.4) is 0 Å². The Kier molecular flexibility index (Phi) is 4.27. The van der Waals surface area contributed by atoms with Crippen LogP contribution in [0.2, 0.25) is 0 Å². The highest BCUT2D eigenvalue weighted by Gasteiger charge is 2.14. The molecule has 0 bridgehead atoms. The molecule has 0 saturated heterocycles. The van der Waals surface area contributed by atoms with E-state index in [1.807, 2.05) is 48.7 Å². The molecule has 3 rings (SSSR count). The third-order valence-corrected chi connectivity index (χ3v) is 4.48. The summed E-state index contributed by atoms with van der Waals surface area (Å²) in [5, 5.41) is 15.9. The molecule has 1 atom stereocenters. The van der Waals surface area contributed by atoms with Crippen LogP contribution in [0.1, 0.15) is 33.5 Å². The Morgan fingerprint density at radius 2 is 2.18 bits per heavy atom. The van der Waals surface area contributed by atoms with E-state index >= 15 is 0 Å². The summed E-state index contributed by atoms with van der Waals surface area (Å²) in [4.78, 5) is 12.6. The predicted octanol–water partition coefficient (Wildman–Crippen LogP) is 3.66. The van der Waals surface area contributed by atoms with Crippen LogP contribution in [-0.4, -0.2) is 17.6 Å². The summed E-state index contributed by atoms with van der Waals surface area (Å²) < 4.78 is 5.61. The minimum Gasteiger partial charge on any atom is -0.458 e. The van der Waals surface area contributed by atoms with Gasteiger partial charge in [0.05, 0.1) is 4.88 Å². The maximum absolute atomic E-state index is 11.9. The minimum atomic E-state index is -0.724. The van der Waals surface area contributed by atoms with Gasteiger partial charge >= 0.3 is 0 Å². The first-order chi connectivity index (χ1) is 10.6. The average molecular weight is 315 g/mol. The Morgan fingerprint density at radius 1 is 1.36 bits per heavy atom. The van der Waals surface area contributed by atoms with Crippen LogP contribution >= 0.6 is 11.3 Å². The minimum absolute atomic E-state index is 0.102. The third-order valence-electron chi connectivity index (χ3n) is 3.43. The van der Waals surface area contributed by atoms with E-state index in [0.717, 1.165) is 16.5 Å². The Morgan fingerprint density at radius 3 is 2.91 bits per heavy atom. The molecule has 0 aliphatic heterocycles. The highest BCUT2D eigenvalue weighted by atomic mass is 32.1. The van der Waals surface area contributed by atoms with Gasteiger partial charge < -0.3 is 14.8 Å². The maximum atomic E-state index is 11.9. The Balaban J connectivity index is 1.55. The summed E-state index contributed by atoms with van der Waals surface area (Å²) in [5.41, 5.74) is 1.84. The maximum Gasteiger partial charge on any atom is 0.261 e. The van der Waals surface area contributed by atoms with E-state index in [0.29, 0.717) is 23.6 Å². The van der Waals surface area contributed by atoms with Crippen molar-refractivity contribution in [3.05, 3.63) is 58.0 Å². The van der Waals surface area contributed by atoms with Crippen LogP contribution in [0.5, 0.6) is 0 Å². The highest BCUT2D eigenvalue weighted by molar-refractivity contribution is 7.12. The van der Waals surface area contributed by atoms with Gasteiger partial charge in [-0.05, 0) is 42.5 Å². The van der Waals surface area contributed by atoms with E-state index in [1.54, 1.807) is 0 Å². The number of carbonyl (C=O) groups is 1. The molecule has 114 valence electrons. The van der Waals surface area contributed by atoms with Crippen molar-refractivity contribution in [2.45, 2.75) is 19.4 Å². The van der Waals surface area contributed by atoms with Crippen molar-refractivity contribution in [1.29, 1.82) is 0 Å². The van der Waals surface area contributed by atoms with Crippen molar-refractivity contribution in [2.24, 2.45) is 0 Å². The van der Waals surface area contributed by atoms with Crippen molar-refractivity contribution in [3.8, 4) is 0 Å². The number of para-hydroxylation sites is 1. The highest BCUT2D eigenvalue weighted by Crippen LogP contribution is 2.25. The monoisotopic (exact) mass is 315 g/mol. The van der Waals surface area contributed by atoms with Crippen molar-refractivity contribution >= 4 is 28.2 Å². The second-order valence-electron chi connectivity index (χ2n) is 5.24. The molecule has 0 aliphatic rings. The molecule has 0 aliphatic carbocycles. The number of aliphatic hydroxyl groups excluding tert-OH is 1. The zero-order chi connectivity index (χ0) is 15.5. The van der Waals surface area contributed by atoms with Crippen molar-refractivity contribution in [2.75, 3.05) is 6.54 Å². The molecule has 2 heterocycles. The van der Waals surface area contributed by atoms with Crippen LogP contribution in [-0.2, 0) is 0 Å². The molecule has 1 aromatic carbocycles. The number of benzene rings is 1. The fourth-order valence-electron chi connectivity index (χ4n) is 2.27. The number of aryl methyl sites for hydroxylation is 1. The lowest BCUT2D eigenvalue weighted by Crippen LogP contribution is -2.24. The van der Waals surface area contributed by atoms with Gasteiger partial charge in [-0.25, -0.2) is 0 Å². The number of nitrogens with one attached hydrogen (secondary N) is 1. The number of carbonyl (C=O) groups excluding carboxylic acids is 1. The molecule has 0 radical (unpaired) electrons. The molecule has 1 amide bonds. The topological polar surface area (TPSA) is 62.5 Å². The molecule has 22 heavy (non-hydrogen) atoms. The number of rotatable bonds is 5. The largest absolute Gasteiger partial charge is 0.458 e. The summed E-state index contributed by atoms with van der Waals surface area (Å²) in [7, 11) is 0. The first-order valence-electron chi connectivity index (χ1n) is 7.13. The molecule has 2 aromatic heterocycles. The van der Waals surface area contributed by atoms with E-state index in [2.05, 4.69) is 5.32 Å². The molecule has 5 heteroatoms. The zero-order valence-corrected chi connectivity index (χ0v) is 13.0. The van der Waals surface area contributed by atoms with Gasteiger partial charge in [-0.1, -0.05) is 18.2 Å². The van der Waals surface area contributed by atoms with Crippen LogP contribution in [0, 0.1) is 6.92 Å². The second kappa shape index (κ2) is 6.34. The fourth-order valence-corrected chi connectivity index (χ4v) is 3.08. The molecule has 3 aromatic rings. The molecule has 2 N–H and O–H groups in total. The quantitative estimate of drug-likeness (QED) is 0.755. The van der Waals surface area contributed by atoms with E-state index in [-0.39, 0.29) is 5.91 Å². The predicted molar refractivity (Wildman–Crippen MR) is 87.2 cm³/mol. The van der Waals surface area contributed by atoms with Crippen LogP contribution < -0.4 is 5.32 Å². The summed E-state index contributed by atoms with van der Waals surface area (Å²) in [5.74, 6) is 0.428. The first-order valence-corrected chi connectivity index (χ1v) is 8.01. The molecule has 4 nitrogen and oxygen atoms in total. The van der Waals surface area contributed by atoms with Crippen molar-refractivity contribution < 1.29 is 14.3 Å². The van der Waals surface area contributed by atoms with Crippen LogP contribution in [0.25, 0.3) is 11.0 Å². The van der Waals surface area contributed by atoms with Crippen LogP contribution in [0.4, 0.5) is 0 Å². The Bertz CT molecular complexity index is 757. The summed E-state index contributed by atoms with van der Waals surface area (Å²) in [6.45, 7) is 2.35. The average Bonchev–Trinajstić information content (AvgIpc) is 3.12. The SMILES string of the molecule is Cc1csc(C(=O)NCC[C@@H](O)c2cc3ccccc3o2)c1. The van der Waals surface area contributed by atoms with Gasteiger partial charge in [0.2, 0.25) is 0 Å². The standard InChI is InChI=1S/C17H17NO3S/c1-11-8-16(22-10-11)17(20)18-7-6-13(19)15-9-12-4-2-3-5-14(12)21-15/h2-5,8-10,13,19H,6-7H2,1H3,(H,18,20)/t13-/m1/s1. The van der Waals surface area contributed by atoms with Crippen LogP contribution in [0.15, 0.2) is 46.2 Å². The molecular formula is C17H17NO3S. The fraction of sp³-hybridized carbons (Fsp3) is 0.235. The summed E-state index contributed by atoms with van der Waals surface area (Å²) >= 11 is 1.42. The molecule has 0 unspecified atom stereocenters. The number of hydrogen-bond acceptors (Lipinski definition) is 4. The number of hydrogen-bond donors (Lipinski definition) is 2. The third kappa shape index (κ3) is 3.21. The summed E-state index contributed by atoms with van der Waals surface area (Å²) in [6, 6.07) is 11.3. The van der Waals surface area contributed by atoms with Gasteiger partial charge in [0, 0.05) is 11.9 Å². The lowest BCUT2D eigenvalue weighted by atomic mass is 10.2. The van der Waals surface area contributed by atoms with Gasteiger partial charge in [-0.3, -0.25) is 4.79 Å². The number of fused-ring (bicyclic) bond motifs is 1. The lowest BCUT2D eigenvalue weighted by Gasteiger charge is -2.08. The number of aliphatic hydroxyl groups is 1. The molecule has 0 saturated carbocycles. The van der Waals surface area contributed by atoms with Crippen molar-refractivity contribution in [1.82, 2.24) is 5.32 Å². The molecule has 0 spiro atoms.